The number of nitrogens with one attached hydrogen (secondary N) is 2. The minimum absolute atomic E-state index is 0.00809. The lowest BCUT2D eigenvalue weighted by Gasteiger charge is -2.15. The third-order valence-electron chi connectivity index (χ3n) is 4.05. The fraction of sp³-hybridized carbons (Fsp3) is 0.211. The summed E-state index contributed by atoms with van der Waals surface area (Å²) in [6.07, 6.45) is -0.746. The zero-order chi connectivity index (χ0) is 17.1. The molecular formula is C19H20N2O3. The van der Waals surface area contributed by atoms with E-state index in [9.17, 15) is 15.0 Å². The van der Waals surface area contributed by atoms with E-state index in [1.54, 1.807) is 12.1 Å². The summed E-state index contributed by atoms with van der Waals surface area (Å²) >= 11 is 0. The number of H-pyrrole nitrogens is 1. The third-order valence-corrected chi connectivity index (χ3v) is 4.05. The van der Waals surface area contributed by atoms with Crippen molar-refractivity contribution in [2.24, 2.45) is 0 Å². The van der Waals surface area contributed by atoms with E-state index in [-0.39, 0.29) is 11.3 Å². The first-order chi connectivity index (χ1) is 11.5. The minimum atomic E-state index is -0.746. The molecule has 0 unspecified atom stereocenters. The van der Waals surface area contributed by atoms with E-state index in [1.165, 1.54) is 17.7 Å². The van der Waals surface area contributed by atoms with Crippen molar-refractivity contribution in [2.45, 2.75) is 19.6 Å². The Hall–Kier alpha value is -2.63. The van der Waals surface area contributed by atoms with E-state index in [1.807, 2.05) is 6.92 Å². The van der Waals surface area contributed by atoms with Gasteiger partial charge in [-0.05, 0) is 30.2 Å². The molecule has 0 spiro atoms. The van der Waals surface area contributed by atoms with Gasteiger partial charge in [-0.3, -0.25) is 4.79 Å². The first-order valence-corrected chi connectivity index (χ1v) is 7.84. The smallest absolute Gasteiger partial charge is 0.248 e. The SMILES string of the molecule is Cc1ccc(CNC[C@@H](O)c2ccc(O)c3[nH]c(=O)ccc23)cc1. The third kappa shape index (κ3) is 3.48. The van der Waals surface area contributed by atoms with Gasteiger partial charge in [-0.2, -0.15) is 0 Å². The van der Waals surface area contributed by atoms with Crippen LogP contribution in [0.5, 0.6) is 5.75 Å². The molecule has 0 saturated heterocycles. The van der Waals surface area contributed by atoms with E-state index < -0.39 is 6.10 Å². The molecule has 4 N–H and O–H groups in total. The maximum atomic E-state index is 11.4. The van der Waals surface area contributed by atoms with Crippen molar-refractivity contribution in [1.29, 1.82) is 0 Å². The maximum absolute atomic E-state index is 11.4. The Morgan fingerprint density at radius 3 is 2.58 bits per heavy atom. The van der Waals surface area contributed by atoms with Crippen LogP contribution in [0.2, 0.25) is 0 Å². The molecule has 0 aliphatic carbocycles. The summed E-state index contributed by atoms with van der Waals surface area (Å²) in [6, 6.07) is 14.4. The fourth-order valence-electron chi connectivity index (χ4n) is 2.72. The molecule has 3 rings (SSSR count). The van der Waals surface area contributed by atoms with Gasteiger partial charge in [-0.15, -0.1) is 0 Å². The molecule has 5 nitrogen and oxygen atoms in total. The summed E-state index contributed by atoms with van der Waals surface area (Å²) in [4.78, 5) is 14.0. The van der Waals surface area contributed by atoms with Gasteiger partial charge < -0.3 is 20.5 Å². The number of aromatic nitrogens is 1. The Bertz CT molecular complexity index is 901. The lowest BCUT2D eigenvalue weighted by molar-refractivity contribution is 0.176. The molecule has 2 aromatic carbocycles. The Balaban J connectivity index is 1.74. The highest BCUT2D eigenvalue weighted by molar-refractivity contribution is 5.87. The molecule has 1 atom stereocenters. The number of aromatic hydroxyl groups is 1. The Labute approximate surface area is 139 Å². The topological polar surface area (TPSA) is 85.3 Å². The minimum Gasteiger partial charge on any atom is -0.506 e. The van der Waals surface area contributed by atoms with Crippen LogP contribution in [-0.2, 0) is 6.54 Å². The Morgan fingerprint density at radius 2 is 1.83 bits per heavy atom. The molecule has 124 valence electrons. The Morgan fingerprint density at radius 1 is 1.08 bits per heavy atom. The standard InChI is InChI=1S/C19H20N2O3/c1-12-2-4-13(5-3-12)10-20-11-17(23)14-6-8-16(22)19-15(14)7-9-18(24)21-19/h2-9,17,20,22-23H,10-11H2,1H3,(H,21,24)/t17-/m1/s1. The fourth-order valence-corrected chi connectivity index (χ4v) is 2.72. The van der Waals surface area contributed by atoms with Crippen LogP contribution >= 0.6 is 0 Å². The van der Waals surface area contributed by atoms with Crippen molar-refractivity contribution in [2.75, 3.05) is 6.54 Å². The van der Waals surface area contributed by atoms with Crippen molar-refractivity contribution in [3.63, 3.8) is 0 Å². The van der Waals surface area contributed by atoms with E-state index in [4.69, 9.17) is 0 Å². The lowest BCUT2D eigenvalue weighted by Crippen LogP contribution is -2.21. The molecule has 24 heavy (non-hydrogen) atoms. The van der Waals surface area contributed by atoms with Gasteiger partial charge in [-0.25, -0.2) is 0 Å². The van der Waals surface area contributed by atoms with Crippen LogP contribution in [0.1, 0.15) is 22.8 Å². The first-order valence-electron chi connectivity index (χ1n) is 7.84. The van der Waals surface area contributed by atoms with Crippen LogP contribution in [0.15, 0.2) is 53.3 Å². The second-order valence-electron chi connectivity index (χ2n) is 5.92. The number of pyridine rings is 1. The number of aliphatic hydroxyl groups excluding tert-OH is 1. The molecule has 1 heterocycles. The van der Waals surface area contributed by atoms with E-state index in [0.717, 1.165) is 5.56 Å². The van der Waals surface area contributed by atoms with Crippen molar-refractivity contribution in [3.05, 3.63) is 75.6 Å². The molecule has 0 amide bonds. The summed E-state index contributed by atoms with van der Waals surface area (Å²) in [5, 5.41) is 24.2. The van der Waals surface area contributed by atoms with Crippen LogP contribution in [0, 0.1) is 6.92 Å². The largest absolute Gasteiger partial charge is 0.506 e. The average Bonchev–Trinajstić information content (AvgIpc) is 2.57. The zero-order valence-electron chi connectivity index (χ0n) is 13.4. The summed E-state index contributed by atoms with van der Waals surface area (Å²) in [5.74, 6) is -0.00809. The molecule has 0 bridgehead atoms. The molecule has 3 aromatic rings. The highest BCUT2D eigenvalue weighted by atomic mass is 16.3. The van der Waals surface area contributed by atoms with E-state index >= 15 is 0 Å². The van der Waals surface area contributed by atoms with Gasteiger partial charge in [-0.1, -0.05) is 35.9 Å². The van der Waals surface area contributed by atoms with Gasteiger partial charge in [0.2, 0.25) is 5.56 Å². The quantitative estimate of drug-likeness (QED) is 0.580. The molecule has 1 aromatic heterocycles. The predicted octanol–water partition coefficient (Wildman–Crippen LogP) is 2.37. The maximum Gasteiger partial charge on any atom is 0.248 e. The number of aromatic amines is 1. The van der Waals surface area contributed by atoms with Gasteiger partial charge in [0.15, 0.2) is 0 Å². The molecular weight excluding hydrogens is 304 g/mol. The summed E-state index contributed by atoms with van der Waals surface area (Å²) < 4.78 is 0. The van der Waals surface area contributed by atoms with Crippen molar-refractivity contribution in [3.8, 4) is 5.75 Å². The number of aliphatic hydroxyl groups is 1. The van der Waals surface area contributed by atoms with E-state index in [0.29, 0.717) is 29.6 Å². The van der Waals surface area contributed by atoms with Crippen LogP contribution in [0.3, 0.4) is 0 Å². The van der Waals surface area contributed by atoms with Gasteiger partial charge >= 0.3 is 0 Å². The van der Waals surface area contributed by atoms with Crippen LogP contribution < -0.4 is 10.9 Å². The number of hydrogen-bond donors (Lipinski definition) is 4. The van der Waals surface area contributed by atoms with Gasteiger partial charge in [0.05, 0.1) is 11.6 Å². The van der Waals surface area contributed by atoms with Crippen LogP contribution in [0.25, 0.3) is 10.9 Å². The van der Waals surface area contributed by atoms with Gasteiger partial charge in [0.1, 0.15) is 5.75 Å². The lowest BCUT2D eigenvalue weighted by atomic mass is 10.0. The zero-order valence-corrected chi connectivity index (χ0v) is 13.4. The van der Waals surface area contributed by atoms with E-state index in [2.05, 4.69) is 34.6 Å². The van der Waals surface area contributed by atoms with Crippen molar-refractivity contribution >= 4 is 10.9 Å². The molecule has 5 heteroatoms. The monoisotopic (exact) mass is 324 g/mol. The van der Waals surface area contributed by atoms with Crippen molar-refractivity contribution in [1.82, 2.24) is 10.3 Å². The second-order valence-corrected chi connectivity index (χ2v) is 5.92. The summed E-state index contributed by atoms with van der Waals surface area (Å²) in [5.41, 5.74) is 3.08. The summed E-state index contributed by atoms with van der Waals surface area (Å²) in [7, 11) is 0. The number of rotatable bonds is 5. The second kappa shape index (κ2) is 6.86. The number of aryl methyl sites for hydroxylation is 1. The molecule has 0 radical (unpaired) electrons. The Kier molecular flexibility index (Phi) is 4.64. The molecule has 0 aliphatic heterocycles. The number of benzene rings is 2. The normalized spacial score (nSPS) is 12.4. The first kappa shape index (κ1) is 16.2. The van der Waals surface area contributed by atoms with Gasteiger partial charge in [0.25, 0.3) is 0 Å². The van der Waals surface area contributed by atoms with Crippen LogP contribution in [0.4, 0.5) is 0 Å². The molecule has 0 aliphatic rings. The highest BCUT2D eigenvalue weighted by Crippen LogP contribution is 2.28. The summed E-state index contributed by atoms with van der Waals surface area (Å²) in [6.45, 7) is 3.07. The molecule has 0 fully saturated rings. The number of hydrogen-bond acceptors (Lipinski definition) is 4. The number of fused-ring (bicyclic) bond motifs is 1. The highest BCUT2D eigenvalue weighted by Gasteiger charge is 2.13. The number of phenolic OH excluding ortho intramolecular Hbond substituents is 1. The van der Waals surface area contributed by atoms with Crippen molar-refractivity contribution < 1.29 is 10.2 Å². The predicted molar refractivity (Wildman–Crippen MR) is 94.1 cm³/mol. The number of phenols is 1. The average molecular weight is 324 g/mol. The van der Waals surface area contributed by atoms with Crippen LogP contribution in [-0.4, -0.2) is 21.7 Å². The van der Waals surface area contributed by atoms with Gasteiger partial charge in [0, 0.05) is 24.5 Å². The molecule has 0 saturated carbocycles.